The van der Waals surface area contributed by atoms with Gasteiger partial charge in [0.2, 0.25) is 0 Å². The van der Waals surface area contributed by atoms with Crippen molar-refractivity contribution in [2.45, 2.75) is 204 Å². The van der Waals surface area contributed by atoms with Crippen LogP contribution >= 0.6 is 0 Å². The molecule has 8 saturated heterocycles. The average Bonchev–Trinajstić information content (AvgIpc) is 0.737. The molecule has 40 nitrogen and oxygen atoms in total. The lowest BCUT2D eigenvalue weighted by Gasteiger charge is -2.46. The van der Waals surface area contributed by atoms with E-state index < -0.39 is 265 Å². The van der Waals surface area contributed by atoms with Gasteiger partial charge < -0.3 is 168 Å². The standard InChI is InChI=1S/C12H32O8Si4.C10H30O9Si4.C8H28O4Si5.C7H24O3Si4.C4H16O4Si4.H8O12Si8.2H2/c1-9-13-21(5)17-22(6,14-10-2)19-24(8,16-12-4)20-23(7,18-21)15-11-3;1-11-22(12-2,13-3)18-20(7,8)17-21(9,10)19-23(14-4,15-5)16-6;1-13(2)9-17(10-14(3)4,11-15(5)6)12-16(7)8;1-11(2)8-14(7,9-12(3)4)10-13(5)6;1-9-5-10(2)7-12(4)8-11(3)6-9;1-13-2-15-6-17-4-14(1)5-18-7-16(3-13)9-19(8-15)12-20(10-17)11-18;;/h9-12H2,1-8H3;1-10H3;13-16H,1-8H3;11-13H,1-7H3;9-12H,1-4H3;13-20H;2*1H. The third kappa shape index (κ3) is 43.5. The van der Waals surface area contributed by atoms with Crippen LogP contribution in [0.2, 0.25) is 177 Å². The fraction of sp³-hybridized carbons (Fsp3) is 1.00. The van der Waals surface area contributed by atoms with Gasteiger partial charge >= 0.3 is 165 Å². The molecule has 8 rings (SSSR count). The van der Waals surface area contributed by atoms with Crippen molar-refractivity contribution < 1.29 is 171 Å². The molecule has 0 aromatic carbocycles. The van der Waals surface area contributed by atoms with E-state index in [1.54, 1.807) is 0 Å². The van der Waals surface area contributed by atoms with Crippen molar-refractivity contribution in [2.24, 2.45) is 0 Å². The summed E-state index contributed by atoms with van der Waals surface area (Å²) in [5, 5.41) is 0. The molecule has 8 heterocycles. The molecule has 0 atom stereocenters. The molecule has 8 fully saturated rings. The number of hydrogen-bond donors (Lipinski definition) is 0. The van der Waals surface area contributed by atoms with E-state index >= 15 is 0 Å². The smallest absolute Gasteiger partial charge is 0.420 e. The highest BCUT2D eigenvalue weighted by Crippen LogP contribution is 2.34. The van der Waals surface area contributed by atoms with Crippen molar-refractivity contribution in [1.82, 2.24) is 0 Å². The second kappa shape index (κ2) is 52.6. The van der Waals surface area contributed by atoms with Crippen LogP contribution in [0.4, 0.5) is 0 Å². The van der Waals surface area contributed by atoms with Crippen molar-refractivity contribution in [3.63, 3.8) is 0 Å². The highest BCUT2D eigenvalue weighted by molar-refractivity contribution is 6.89. The van der Waals surface area contributed by atoms with E-state index in [0.717, 1.165) is 0 Å². The molecule has 69 heteroatoms. The predicted octanol–water partition coefficient (Wildman–Crippen LogP) is 0.605. The predicted molar refractivity (Wildman–Crippen MR) is 477 cm³/mol. The Hall–Kier alpha value is 4.69. The Balaban J connectivity index is 0.00000133. The largest absolute Gasteiger partial charge is 0.669 e. The van der Waals surface area contributed by atoms with Crippen LogP contribution in [0.3, 0.4) is 0 Å². The summed E-state index contributed by atoms with van der Waals surface area (Å²) >= 11 is 0. The summed E-state index contributed by atoms with van der Waals surface area (Å²) < 4.78 is 231. The fourth-order valence-corrected chi connectivity index (χ4v) is 108. The van der Waals surface area contributed by atoms with Gasteiger partial charge in [0.05, 0.1) is 0 Å². The second-order valence-electron chi connectivity index (χ2n) is 27.2. The summed E-state index contributed by atoms with van der Waals surface area (Å²) in [4.78, 5) is 0. The number of hydrogen-bond acceptors (Lipinski definition) is 40. The molecule has 662 valence electrons. The topological polar surface area (TPSA) is 369 Å². The van der Waals surface area contributed by atoms with Crippen molar-refractivity contribution >= 4 is 265 Å². The molecule has 0 radical (unpaired) electrons. The normalized spacial score (nSPS) is 31.1. The van der Waals surface area contributed by atoms with Crippen LogP contribution in [0, 0.1) is 0 Å². The quantitative estimate of drug-likeness (QED) is 0.0796. The van der Waals surface area contributed by atoms with Crippen LogP contribution in [0.25, 0.3) is 0 Å². The summed E-state index contributed by atoms with van der Waals surface area (Å²) in [6.07, 6.45) is 0. The molecule has 0 aromatic rings. The highest BCUT2D eigenvalue weighted by atomic mass is 28.6. The van der Waals surface area contributed by atoms with Gasteiger partial charge in [-0.3, -0.25) is 0 Å². The molecule has 0 N–H and O–H groups in total. The Labute approximate surface area is 703 Å². The van der Waals surface area contributed by atoms with Crippen LogP contribution in [0.1, 0.15) is 30.5 Å². The maximum atomic E-state index is 6.25. The van der Waals surface area contributed by atoms with Crippen molar-refractivity contribution in [3.8, 4) is 0 Å². The van der Waals surface area contributed by atoms with Gasteiger partial charge in [-0.2, -0.15) is 0 Å². The second-order valence-corrected chi connectivity index (χ2v) is 102. The van der Waals surface area contributed by atoms with Gasteiger partial charge in [0, 0.05) is 105 Å². The first kappa shape index (κ1) is 111. The molecule has 8 aliphatic heterocycles. The Kier molecular flexibility index (Phi) is 53.0. The third-order valence-electron chi connectivity index (χ3n) is 12.9. The monoisotopic (exact) mass is 2090 g/mol. The first-order valence-electron chi connectivity index (χ1n) is 36.8. The molecule has 0 saturated carbocycles. The molecule has 8 bridgehead atoms. The minimum atomic E-state index is -3.22. The van der Waals surface area contributed by atoms with Gasteiger partial charge in [0.1, 0.15) is 0 Å². The van der Waals surface area contributed by atoms with Gasteiger partial charge in [-0.05, 0) is 172 Å². The van der Waals surface area contributed by atoms with Gasteiger partial charge in [-0.1, -0.05) is 0 Å². The van der Waals surface area contributed by atoms with Crippen molar-refractivity contribution in [1.29, 1.82) is 0 Å². The lowest BCUT2D eigenvalue weighted by molar-refractivity contribution is 0.0263. The Morgan fingerprint density at radius 3 is 0.564 bits per heavy atom. The SMILES string of the molecule is CCO[Si]1(C)O[Si](C)(OCC)O[Si](C)(OCC)O[Si](C)(OCC)O1.CO[Si](OC)(OC)O[Si](C)(C)O[Si](C)(C)O[Si](OC)(OC)OC.C[SiH](C)O[Si](C)(O[SiH](C)C)O[SiH](C)C.C[SiH](C)O[Si](O[SiH](C)C)(O[SiH](C)C)O[SiH](C)C.C[SiH]1O[SiH](C)O[SiH](C)O[SiH](C)O1.O1[SiH]2O[SiH]3O[SiH]4O[SiH]1O[SiH]1O[SiH](O2)O[SiH](O3)O[SiH](O4)O1.[HH].[HH]. The first-order chi connectivity index (χ1) is 50.8. The fourth-order valence-electron chi connectivity index (χ4n) is 10.5. The number of rotatable bonds is 34. The zero-order valence-corrected chi connectivity index (χ0v) is 104. The van der Waals surface area contributed by atoms with E-state index in [1.165, 1.54) is 42.7 Å². The van der Waals surface area contributed by atoms with Crippen LogP contribution in [0.15, 0.2) is 0 Å². The van der Waals surface area contributed by atoms with Crippen LogP contribution in [-0.2, 0) is 168 Å². The Morgan fingerprint density at radius 2 is 0.427 bits per heavy atom. The average molecular weight is 2090 g/mol. The third-order valence-corrected chi connectivity index (χ3v) is 97.4. The Bertz CT molecular complexity index is 2110. The van der Waals surface area contributed by atoms with Crippen LogP contribution < -0.4 is 0 Å². The lowest BCUT2D eigenvalue weighted by Crippen LogP contribution is -2.70. The van der Waals surface area contributed by atoms with Gasteiger partial charge in [-0.25, -0.2) is 0 Å². The first-order valence-corrected chi connectivity index (χ1v) is 97.7. The van der Waals surface area contributed by atoms with Gasteiger partial charge in [0.15, 0.2) is 63.3 Å². The van der Waals surface area contributed by atoms with Crippen molar-refractivity contribution in [2.75, 3.05) is 69.1 Å². The van der Waals surface area contributed by atoms with E-state index in [4.69, 9.17) is 168 Å². The summed E-state index contributed by atoms with van der Waals surface area (Å²) in [6, 6.07) is 0. The summed E-state index contributed by atoms with van der Waals surface area (Å²) in [6.45, 7) is 64.5. The van der Waals surface area contributed by atoms with E-state index in [2.05, 4.69) is 98.2 Å². The maximum absolute atomic E-state index is 6.25. The summed E-state index contributed by atoms with van der Waals surface area (Å²) in [5.74, 6) is 0. The van der Waals surface area contributed by atoms with Crippen LogP contribution in [0.5, 0.6) is 0 Å². The molecule has 0 spiro atoms. The molecular formula is C41H142O40Si29. The van der Waals surface area contributed by atoms with E-state index in [9.17, 15) is 0 Å². The minimum Gasteiger partial charge on any atom is -0.420 e. The minimum absolute atomic E-state index is 0. The highest BCUT2D eigenvalue weighted by Gasteiger charge is 2.63. The van der Waals surface area contributed by atoms with E-state index in [1.807, 2.05) is 106 Å². The van der Waals surface area contributed by atoms with Crippen molar-refractivity contribution in [3.05, 3.63) is 0 Å². The maximum Gasteiger partial charge on any atom is 0.669 e. The molecule has 0 aromatic heterocycles. The Morgan fingerprint density at radius 1 is 0.264 bits per heavy atom. The van der Waals surface area contributed by atoms with Gasteiger partial charge in [0.25, 0.3) is 37.1 Å². The van der Waals surface area contributed by atoms with Gasteiger partial charge in [-0.15, -0.1) is 0 Å². The molecule has 8 aliphatic rings. The zero-order valence-electron chi connectivity index (χ0n) is 72.1. The molecule has 0 unspecified atom stereocenters. The molecule has 0 amide bonds. The molecule has 110 heavy (non-hydrogen) atoms. The lowest BCUT2D eigenvalue weighted by atomic mass is 10.9. The summed E-state index contributed by atoms with van der Waals surface area (Å²) in [5.41, 5.74) is 0. The zero-order chi connectivity index (χ0) is 84.1. The van der Waals surface area contributed by atoms with Crippen LogP contribution in [-0.4, -0.2) is 334 Å². The van der Waals surface area contributed by atoms with E-state index in [-0.39, 0.29) is 2.85 Å². The summed E-state index contributed by atoms with van der Waals surface area (Å²) in [7, 11) is -54.1. The molecule has 0 aliphatic carbocycles. The van der Waals surface area contributed by atoms with E-state index in [0.29, 0.717) is 26.4 Å². The molecular weight excluding hydrogens is 1950 g/mol.